The summed E-state index contributed by atoms with van der Waals surface area (Å²) in [6, 6.07) is 10.1. The van der Waals surface area contributed by atoms with Gasteiger partial charge >= 0.3 is 0 Å². The lowest BCUT2D eigenvalue weighted by atomic mass is 10.2. The fourth-order valence-electron chi connectivity index (χ4n) is 1.25. The predicted molar refractivity (Wildman–Crippen MR) is 70.7 cm³/mol. The van der Waals surface area contributed by atoms with Crippen LogP contribution < -0.4 is 5.32 Å². The lowest BCUT2D eigenvalue weighted by Gasteiger charge is -2.06. The molecule has 1 atom stereocenters. The van der Waals surface area contributed by atoms with Crippen molar-refractivity contribution in [3.63, 3.8) is 0 Å². The van der Waals surface area contributed by atoms with Crippen molar-refractivity contribution in [2.75, 3.05) is 12.8 Å². The fraction of sp³-hybridized carbons (Fsp3) is 0.417. The lowest BCUT2D eigenvalue weighted by molar-refractivity contribution is 0.663. The molecule has 0 spiro atoms. The van der Waals surface area contributed by atoms with Gasteiger partial charge in [-0.25, -0.2) is 0 Å². The van der Waals surface area contributed by atoms with Crippen molar-refractivity contribution in [3.8, 4) is 6.07 Å². The first-order valence-electron chi connectivity index (χ1n) is 5.15. The number of thioether (sulfide) groups is 1. The van der Waals surface area contributed by atoms with E-state index in [9.17, 15) is 0 Å². The van der Waals surface area contributed by atoms with Gasteiger partial charge in [-0.1, -0.05) is 23.7 Å². The normalized spacial score (nSPS) is 12.1. The van der Waals surface area contributed by atoms with Gasteiger partial charge in [0.1, 0.15) is 0 Å². The van der Waals surface area contributed by atoms with Crippen LogP contribution in [0.2, 0.25) is 5.02 Å². The summed E-state index contributed by atoms with van der Waals surface area (Å²) in [6.07, 6.45) is 0.880. The highest BCUT2D eigenvalue weighted by Crippen LogP contribution is 2.16. The van der Waals surface area contributed by atoms with E-state index in [1.54, 1.807) is 0 Å². The summed E-state index contributed by atoms with van der Waals surface area (Å²) in [5.41, 5.74) is 1.27. The molecule has 0 saturated heterocycles. The Kier molecular flexibility index (Phi) is 6.32. The zero-order chi connectivity index (χ0) is 11.8. The van der Waals surface area contributed by atoms with E-state index in [0.29, 0.717) is 0 Å². The van der Waals surface area contributed by atoms with Crippen molar-refractivity contribution in [3.05, 3.63) is 34.9 Å². The Morgan fingerprint density at radius 1 is 1.44 bits per heavy atom. The molecule has 1 unspecified atom stereocenters. The average molecular weight is 255 g/mol. The summed E-state index contributed by atoms with van der Waals surface area (Å²) >= 11 is 7.64. The van der Waals surface area contributed by atoms with Crippen molar-refractivity contribution in [1.29, 1.82) is 5.26 Å². The summed E-state index contributed by atoms with van der Waals surface area (Å²) in [5, 5.41) is 12.5. The van der Waals surface area contributed by atoms with E-state index in [-0.39, 0.29) is 6.04 Å². The Bertz CT molecular complexity index is 345. The third-order valence-corrected chi connectivity index (χ3v) is 3.55. The molecule has 1 rings (SSSR count). The SMILES string of the molecule is CNC(C#N)CCSCc1ccc(Cl)cc1. The van der Waals surface area contributed by atoms with Gasteiger partial charge in [-0.15, -0.1) is 0 Å². The van der Waals surface area contributed by atoms with Gasteiger partial charge in [-0.2, -0.15) is 17.0 Å². The second kappa shape index (κ2) is 7.56. The molecule has 0 radical (unpaired) electrons. The van der Waals surface area contributed by atoms with E-state index in [0.717, 1.165) is 22.9 Å². The highest BCUT2D eigenvalue weighted by Gasteiger charge is 2.02. The molecule has 0 aromatic heterocycles. The second-order valence-electron chi connectivity index (χ2n) is 3.44. The van der Waals surface area contributed by atoms with E-state index in [4.69, 9.17) is 16.9 Å². The highest BCUT2D eigenvalue weighted by molar-refractivity contribution is 7.98. The number of rotatable bonds is 6. The third kappa shape index (κ3) is 4.89. The zero-order valence-corrected chi connectivity index (χ0v) is 10.8. The van der Waals surface area contributed by atoms with E-state index < -0.39 is 0 Å². The largest absolute Gasteiger partial charge is 0.305 e. The third-order valence-electron chi connectivity index (χ3n) is 2.24. The summed E-state index contributed by atoms with van der Waals surface area (Å²) in [5.74, 6) is 1.96. The Morgan fingerprint density at radius 3 is 2.69 bits per heavy atom. The fourth-order valence-corrected chi connectivity index (χ4v) is 2.35. The number of nitrogens with one attached hydrogen (secondary N) is 1. The average Bonchev–Trinajstić information content (AvgIpc) is 2.32. The molecule has 0 heterocycles. The van der Waals surface area contributed by atoms with Crippen molar-refractivity contribution in [1.82, 2.24) is 5.32 Å². The minimum Gasteiger partial charge on any atom is -0.305 e. The number of nitrogens with zero attached hydrogens (tertiary/aromatic N) is 1. The van der Waals surface area contributed by atoms with Gasteiger partial charge in [0.15, 0.2) is 0 Å². The predicted octanol–water partition coefficient (Wildman–Crippen LogP) is 3.07. The Morgan fingerprint density at radius 2 is 2.12 bits per heavy atom. The summed E-state index contributed by atoms with van der Waals surface area (Å²) in [4.78, 5) is 0. The minimum absolute atomic E-state index is 0.0299. The van der Waals surface area contributed by atoms with Crippen LogP contribution in [-0.2, 0) is 5.75 Å². The van der Waals surface area contributed by atoms with Crippen LogP contribution in [0.5, 0.6) is 0 Å². The van der Waals surface area contributed by atoms with E-state index in [1.165, 1.54) is 5.56 Å². The van der Waals surface area contributed by atoms with Gasteiger partial charge in [0.2, 0.25) is 0 Å². The number of nitriles is 1. The molecule has 4 heteroatoms. The monoisotopic (exact) mass is 254 g/mol. The van der Waals surface area contributed by atoms with Crippen LogP contribution in [0.4, 0.5) is 0 Å². The molecule has 0 aliphatic carbocycles. The van der Waals surface area contributed by atoms with Gasteiger partial charge < -0.3 is 5.32 Å². The lowest BCUT2D eigenvalue weighted by Crippen LogP contribution is -2.23. The van der Waals surface area contributed by atoms with Crippen LogP contribution in [-0.4, -0.2) is 18.8 Å². The standard InChI is InChI=1S/C12H15ClN2S/c1-15-12(8-14)6-7-16-9-10-2-4-11(13)5-3-10/h2-5,12,15H,6-7,9H2,1H3. The molecule has 1 aromatic carbocycles. The van der Waals surface area contributed by atoms with Crippen LogP contribution in [0.25, 0.3) is 0 Å². The number of hydrogen-bond acceptors (Lipinski definition) is 3. The topological polar surface area (TPSA) is 35.8 Å². The molecule has 2 nitrogen and oxygen atoms in total. The maximum atomic E-state index is 8.74. The first kappa shape index (κ1) is 13.4. The van der Waals surface area contributed by atoms with E-state index in [1.807, 2.05) is 43.1 Å². The van der Waals surface area contributed by atoms with Gasteiger partial charge in [0.05, 0.1) is 12.1 Å². The number of halogens is 1. The van der Waals surface area contributed by atoms with E-state index in [2.05, 4.69) is 11.4 Å². The minimum atomic E-state index is -0.0299. The van der Waals surface area contributed by atoms with Crippen LogP contribution in [0.15, 0.2) is 24.3 Å². The molecule has 0 saturated carbocycles. The molecule has 0 amide bonds. The molecule has 0 aliphatic rings. The van der Waals surface area contributed by atoms with Gasteiger partial charge in [-0.05, 0) is 36.9 Å². The van der Waals surface area contributed by atoms with Crippen LogP contribution >= 0.6 is 23.4 Å². The van der Waals surface area contributed by atoms with Crippen LogP contribution in [0.3, 0.4) is 0 Å². The summed E-state index contributed by atoms with van der Waals surface area (Å²) < 4.78 is 0. The zero-order valence-electron chi connectivity index (χ0n) is 9.24. The molecule has 0 bridgehead atoms. The molecule has 1 aromatic rings. The van der Waals surface area contributed by atoms with Crippen molar-refractivity contribution < 1.29 is 0 Å². The molecule has 86 valence electrons. The van der Waals surface area contributed by atoms with Crippen molar-refractivity contribution >= 4 is 23.4 Å². The molecule has 1 N–H and O–H groups in total. The molecular weight excluding hydrogens is 240 g/mol. The first-order chi connectivity index (χ1) is 7.76. The maximum Gasteiger partial charge on any atom is 0.0958 e. The summed E-state index contributed by atoms with van der Waals surface area (Å²) in [7, 11) is 1.82. The number of hydrogen-bond donors (Lipinski definition) is 1. The Hall–Kier alpha value is -0.690. The molecule has 16 heavy (non-hydrogen) atoms. The maximum absolute atomic E-state index is 8.74. The van der Waals surface area contributed by atoms with Crippen molar-refractivity contribution in [2.24, 2.45) is 0 Å². The molecule has 0 aliphatic heterocycles. The quantitative estimate of drug-likeness (QED) is 0.793. The van der Waals surface area contributed by atoms with Crippen LogP contribution in [0.1, 0.15) is 12.0 Å². The van der Waals surface area contributed by atoms with Gasteiger partial charge in [-0.3, -0.25) is 0 Å². The van der Waals surface area contributed by atoms with E-state index >= 15 is 0 Å². The number of benzene rings is 1. The molecular formula is C12H15ClN2S. The first-order valence-corrected chi connectivity index (χ1v) is 6.68. The highest BCUT2D eigenvalue weighted by atomic mass is 35.5. The Balaban J connectivity index is 2.21. The Labute approximate surface area is 106 Å². The van der Waals surface area contributed by atoms with Crippen molar-refractivity contribution in [2.45, 2.75) is 18.2 Å². The second-order valence-corrected chi connectivity index (χ2v) is 4.98. The smallest absolute Gasteiger partial charge is 0.0958 e. The van der Waals surface area contributed by atoms with Crippen LogP contribution in [0, 0.1) is 11.3 Å². The molecule has 0 fully saturated rings. The van der Waals surface area contributed by atoms with Gasteiger partial charge in [0, 0.05) is 10.8 Å². The summed E-state index contributed by atoms with van der Waals surface area (Å²) in [6.45, 7) is 0. The van der Waals surface area contributed by atoms with Gasteiger partial charge in [0.25, 0.3) is 0 Å².